The lowest BCUT2D eigenvalue weighted by Crippen LogP contribution is -2.52. The Bertz CT molecular complexity index is 1340. The van der Waals surface area contributed by atoms with Gasteiger partial charge in [-0.3, -0.25) is 9.52 Å². The van der Waals surface area contributed by atoms with Gasteiger partial charge in [0.1, 0.15) is 18.2 Å². The fourth-order valence-corrected chi connectivity index (χ4v) is 4.95. The van der Waals surface area contributed by atoms with Crippen LogP contribution in [-0.4, -0.2) is 61.4 Å². The van der Waals surface area contributed by atoms with Crippen LogP contribution in [0.1, 0.15) is 15.3 Å². The quantitative estimate of drug-likeness (QED) is 0.469. The molecule has 200 valence electrons. The van der Waals surface area contributed by atoms with Gasteiger partial charge >= 0.3 is 6.18 Å². The van der Waals surface area contributed by atoms with Crippen LogP contribution in [0, 0.1) is 0 Å². The smallest absolute Gasteiger partial charge is 0.374 e. The van der Waals surface area contributed by atoms with Crippen LogP contribution in [0.3, 0.4) is 0 Å². The van der Waals surface area contributed by atoms with Crippen molar-refractivity contribution in [2.75, 3.05) is 41.1 Å². The van der Waals surface area contributed by atoms with Crippen molar-refractivity contribution < 1.29 is 29.2 Å². The molecule has 1 aromatic heterocycles. The number of alkyl halides is 3. The van der Waals surface area contributed by atoms with Crippen LogP contribution in [0.2, 0.25) is 0 Å². The third-order valence-corrected chi connectivity index (χ3v) is 7.24. The molecule has 4 rings (SSSR count). The number of anilines is 3. The molecule has 13 heteroatoms. The molecule has 2 heterocycles. The zero-order valence-corrected chi connectivity index (χ0v) is 20.6. The number of hydrogen-bond acceptors (Lipinski definition) is 7. The van der Waals surface area contributed by atoms with E-state index in [4.69, 9.17) is 0 Å². The van der Waals surface area contributed by atoms with E-state index >= 15 is 0 Å². The molecule has 1 amide bonds. The van der Waals surface area contributed by atoms with E-state index in [9.17, 15) is 26.4 Å². The van der Waals surface area contributed by atoms with Gasteiger partial charge in [0.2, 0.25) is 5.91 Å². The number of nitrogens with one attached hydrogen (secondary N) is 2. The Morgan fingerprint density at radius 3 is 2.38 bits per heavy atom. The van der Waals surface area contributed by atoms with Crippen LogP contribution >= 0.6 is 0 Å². The average Bonchev–Trinajstić information content (AvgIpc) is 2.88. The summed E-state index contributed by atoms with van der Waals surface area (Å²) >= 11 is 0. The van der Waals surface area contributed by atoms with Crippen LogP contribution in [-0.2, 0) is 21.0 Å². The van der Waals surface area contributed by atoms with E-state index in [1.807, 2.05) is 4.90 Å². The first-order valence-electron chi connectivity index (χ1n) is 11.4. The number of hydrogen-bond donors (Lipinski definition) is 2. The summed E-state index contributed by atoms with van der Waals surface area (Å²) in [5, 5.41) is 2.86. The molecule has 0 saturated carbocycles. The highest BCUT2D eigenvalue weighted by Crippen LogP contribution is 2.31. The predicted molar refractivity (Wildman–Crippen MR) is 137 cm³/mol. The van der Waals surface area contributed by atoms with Crippen molar-refractivity contribution in [3.8, 4) is 0 Å². The normalized spacial score (nSPS) is 15.2. The van der Waals surface area contributed by atoms with Gasteiger partial charge in [0, 0.05) is 46.6 Å². The van der Waals surface area contributed by atoms with Crippen molar-refractivity contribution in [3.05, 3.63) is 72.7 Å². The molecule has 0 aliphatic carbocycles. The number of halogens is 3. The zero-order chi connectivity index (χ0) is 26.6. The van der Waals surface area contributed by atoms with Crippen molar-refractivity contribution >= 4 is 33.1 Å². The number of amides is 1. The number of piperazine rings is 1. The second kappa shape index (κ2) is 10.6. The molecule has 1 aliphatic rings. The largest absolute Gasteiger partial charge is 0.416 e. The summed E-state index contributed by atoms with van der Waals surface area (Å²) in [6.07, 6.45) is -1.79. The van der Waals surface area contributed by atoms with Crippen LogP contribution < -0.4 is 14.9 Å². The molecule has 0 radical (unpaired) electrons. The molecular formula is C24H29F3N6O3S. The lowest BCUT2D eigenvalue weighted by molar-refractivity contribution is -0.137. The van der Waals surface area contributed by atoms with Gasteiger partial charge in [-0.1, -0.05) is 6.07 Å². The standard InChI is InChI=1S/C24H25F3N6O3S.2H2/c1-17(30-19-4-2-3-18(15-19)24(25,26)27)23(34)33-13-11-32(12-14-33)20-5-7-21(8-6-20)37(35,36)31-22-9-10-28-16-29-22;;/h2-10,15-17,30H,11-14H2,1H3,(H,28,29,31);2*1H. The van der Waals surface area contributed by atoms with Gasteiger partial charge in [0.15, 0.2) is 0 Å². The highest BCUT2D eigenvalue weighted by molar-refractivity contribution is 7.92. The summed E-state index contributed by atoms with van der Waals surface area (Å²) in [5.41, 5.74) is 0.246. The Hall–Kier alpha value is -3.87. The van der Waals surface area contributed by atoms with Crippen molar-refractivity contribution in [1.82, 2.24) is 14.9 Å². The molecule has 1 aliphatic heterocycles. The fourth-order valence-electron chi connectivity index (χ4n) is 3.94. The molecule has 0 bridgehead atoms. The van der Waals surface area contributed by atoms with E-state index in [0.29, 0.717) is 26.2 Å². The third kappa shape index (κ3) is 6.47. The third-order valence-electron chi connectivity index (χ3n) is 5.87. The maximum Gasteiger partial charge on any atom is 0.416 e. The van der Waals surface area contributed by atoms with E-state index in [2.05, 4.69) is 20.0 Å². The summed E-state index contributed by atoms with van der Waals surface area (Å²) in [7, 11) is -3.81. The summed E-state index contributed by atoms with van der Waals surface area (Å²) in [5.74, 6) is -0.0501. The van der Waals surface area contributed by atoms with Crippen LogP contribution in [0.5, 0.6) is 0 Å². The monoisotopic (exact) mass is 538 g/mol. The first kappa shape index (κ1) is 26.2. The Morgan fingerprint density at radius 2 is 1.76 bits per heavy atom. The molecule has 37 heavy (non-hydrogen) atoms. The van der Waals surface area contributed by atoms with Gasteiger partial charge in [0.25, 0.3) is 10.0 Å². The molecule has 2 N–H and O–H groups in total. The Labute approximate surface area is 215 Å². The lowest BCUT2D eigenvalue weighted by atomic mass is 10.1. The van der Waals surface area contributed by atoms with E-state index in [0.717, 1.165) is 17.8 Å². The number of sulfonamides is 1. The van der Waals surface area contributed by atoms with Crippen molar-refractivity contribution in [2.45, 2.75) is 24.0 Å². The molecule has 1 atom stereocenters. The van der Waals surface area contributed by atoms with Crippen LogP contribution in [0.25, 0.3) is 0 Å². The summed E-state index contributed by atoms with van der Waals surface area (Å²) in [6, 6.07) is 11.9. The highest BCUT2D eigenvalue weighted by atomic mass is 32.2. The van der Waals surface area contributed by atoms with E-state index in [-0.39, 0.29) is 25.2 Å². The first-order chi connectivity index (χ1) is 17.5. The minimum absolute atomic E-state index is 0. The molecular weight excluding hydrogens is 509 g/mol. The predicted octanol–water partition coefficient (Wildman–Crippen LogP) is 3.94. The SMILES string of the molecule is CC(Nc1cccc(C(F)(F)F)c1)C(=O)N1CCN(c2ccc(S(=O)(=O)Nc3ccncn3)cc2)CC1.[HH].[HH]. The first-order valence-corrected chi connectivity index (χ1v) is 12.9. The molecule has 2 aromatic carbocycles. The highest BCUT2D eigenvalue weighted by Gasteiger charge is 2.31. The lowest BCUT2D eigenvalue weighted by Gasteiger charge is -2.37. The maximum atomic E-state index is 13.0. The number of carbonyl (C=O) groups is 1. The topological polar surface area (TPSA) is 108 Å². The molecule has 1 saturated heterocycles. The Kier molecular flexibility index (Phi) is 7.52. The van der Waals surface area contributed by atoms with Crippen molar-refractivity contribution in [3.63, 3.8) is 0 Å². The number of benzene rings is 2. The van der Waals surface area contributed by atoms with Gasteiger partial charge in [-0.2, -0.15) is 13.2 Å². The Balaban J connectivity index is 0.00000267. The maximum absolute atomic E-state index is 13.0. The van der Waals surface area contributed by atoms with E-state index in [1.54, 1.807) is 24.0 Å². The Morgan fingerprint density at radius 1 is 1.05 bits per heavy atom. The molecule has 1 unspecified atom stereocenters. The van der Waals surface area contributed by atoms with Gasteiger partial charge in [-0.15, -0.1) is 0 Å². The second-order valence-electron chi connectivity index (χ2n) is 8.45. The second-order valence-corrected chi connectivity index (χ2v) is 10.1. The van der Waals surface area contributed by atoms with Gasteiger partial charge in [-0.25, -0.2) is 18.4 Å². The summed E-state index contributed by atoms with van der Waals surface area (Å²) in [4.78, 5) is 24.3. The molecule has 9 nitrogen and oxygen atoms in total. The van der Waals surface area contributed by atoms with Crippen molar-refractivity contribution in [1.29, 1.82) is 0 Å². The number of aromatic nitrogens is 2. The van der Waals surface area contributed by atoms with Gasteiger partial charge < -0.3 is 15.1 Å². The van der Waals surface area contributed by atoms with Crippen LogP contribution in [0.15, 0.2) is 72.0 Å². The fraction of sp³-hybridized carbons (Fsp3) is 0.292. The number of carbonyl (C=O) groups excluding carboxylic acids is 1. The average molecular weight is 539 g/mol. The van der Waals surface area contributed by atoms with Crippen LogP contribution in [0.4, 0.5) is 30.4 Å². The minimum atomic E-state index is -4.46. The van der Waals surface area contributed by atoms with E-state index < -0.39 is 27.8 Å². The van der Waals surface area contributed by atoms with Gasteiger partial charge in [0.05, 0.1) is 10.5 Å². The molecule has 3 aromatic rings. The minimum Gasteiger partial charge on any atom is -0.374 e. The number of nitrogens with zero attached hydrogens (tertiary/aromatic N) is 4. The molecule has 1 fully saturated rings. The van der Waals surface area contributed by atoms with Crippen molar-refractivity contribution in [2.24, 2.45) is 0 Å². The summed E-state index contributed by atoms with van der Waals surface area (Å²) < 4.78 is 66.4. The summed E-state index contributed by atoms with van der Waals surface area (Å²) in [6.45, 7) is 3.50. The zero-order valence-electron chi connectivity index (χ0n) is 19.8. The van der Waals surface area contributed by atoms with Gasteiger partial charge in [-0.05, 0) is 55.5 Å². The van der Waals surface area contributed by atoms with E-state index in [1.165, 1.54) is 42.9 Å². The molecule has 0 spiro atoms. The number of rotatable bonds is 7.